The fourth-order valence-corrected chi connectivity index (χ4v) is 2.72. The summed E-state index contributed by atoms with van der Waals surface area (Å²) in [6.45, 7) is 1.51. The molecule has 1 amide bonds. The number of carbonyl (C=O) groups excluding carboxylic acids is 1. The van der Waals surface area contributed by atoms with Gasteiger partial charge in [-0.25, -0.2) is 9.07 Å². The van der Waals surface area contributed by atoms with Crippen LogP contribution in [0, 0.1) is 17.1 Å². The lowest BCUT2D eigenvalue weighted by atomic mass is 10.1. The van der Waals surface area contributed by atoms with Gasteiger partial charge in [0.1, 0.15) is 17.9 Å². The van der Waals surface area contributed by atoms with E-state index in [2.05, 4.69) is 10.4 Å². The molecule has 0 saturated heterocycles. The second-order valence-corrected chi connectivity index (χ2v) is 6.41. The van der Waals surface area contributed by atoms with Gasteiger partial charge < -0.3 is 5.32 Å². The molecule has 1 aromatic heterocycles. The van der Waals surface area contributed by atoms with Crippen LogP contribution in [0.5, 0.6) is 0 Å². The topological polar surface area (TPSA) is 87.8 Å². The molecule has 0 aliphatic carbocycles. The van der Waals surface area contributed by atoms with Gasteiger partial charge in [0.2, 0.25) is 5.91 Å². The van der Waals surface area contributed by atoms with Gasteiger partial charge in [-0.2, -0.15) is 10.4 Å². The Hall–Kier alpha value is -3.50. The van der Waals surface area contributed by atoms with Crippen molar-refractivity contribution in [3.8, 4) is 17.3 Å². The highest BCUT2D eigenvalue weighted by atomic mass is 35.5. The quantitative estimate of drug-likeness (QED) is 0.727. The van der Waals surface area contributed by atoms with Crippen LogP contribution in [0.4, 0.5) is 10.1 Å². The van der Waals surface area contributed by atoms with E-state index in [9.17, 15) is 14.0 Å². The Labute approximate surface area is 164 Å². The number of nitrogens with one attached hydrogen (secondary N) is 1. The molecular formula is C20H14ClFN4O2. The molecule has 0 bridgehead atoms. The Morgan fingerprint density at radius 2 is 1.93 bits per heavy atom. The molecule has 28 heavy (non-hydrogen) atoms. The van der Waals surface area contributed by atoms with Crippen LogP contribution in [0.15, 0.2) is 59.4 Å². The maximum atomic E-state index is 13.1. The average molecular weight is 397 g/mol. The number of anilines is 1. The predicted molar refractivity (Wildman–Crippen MR) is 103 cm³/mol. The van der Waals surface area contributed by atoms with Gasteiger partial charge in [-0.05, 0) is 55.5 Å². The van der Waals surface area contributed by atoms with Crippen molar-refractivity contribution in [3.63, 3.8) is 0 Å². The summed E-state index contributed by atoms with van der Waals surface area (Å²) in [5.41, 5.74) is 1.03. The summed E-state index contributed by atoms with van der Waals surface area (Å²) in [7, 11) is 0. The first-order valence-corrected chi connectivity index (χ1v) is 8.63. The van der Waals surface area contributed by atoms with Gasteiger partial charge in [0.25, 0.3) is 5.56 Å². The predicted octanol–water partition coefficient (Wildman–Crippen LogP) is 3.77. The number of nitrogens with zero attached hydrogens (tertiary/aromatic N) is 3. The zero-order chi connectivity index (χ0) is 20.3. The van der Waals surface area contributed by atoms with Crippen LogP contribution < -0.4 is 10.9 Å². The fourth-order valence-electron chi connectivity index (χ4n) is 2.54. The smallest absolute Gasteiger partial charge is 0.267 e. The van der Waals surface area contributed by atoms with E-state index in [0.29, 0.717) is 16.3 Å². The summed E-state index contributed by atoms with van der Waals surface area (Å²) in [5, 5.41) is 16.3. The molecular weight excluding hydrogens is 383 g/mol. The van der Waals surface area contributed by atoms with Gasteiger partial charge >= 0.3 is 0 Å². The summed E-state index contributed by atoms with van der Waals surface area (Å²) in [4.78, 5) is 24.8. The van der Waals surface area contributed by atoms with Crippen molar-refractivity contribution in [2.75, 3.05) is 5.32 Å². The number of nitriles is 1. The number of benzene rings is 2. The summed E-state index contributed by atoms with van der Waals surface area (Å²) in [5.74, 6) is -0.927. The minimum Gasteiger partial charge on any atom is -0.323 e. The molecule has 3 rings (SSSR count). The second-order valence-electron chi connectivity index (χ2n) is 5.98. The Bertz CT molecular complexity index is 1140. The van der Waals surface area contributed by atoms with E-state index in [1.807, 2.05) is 6.07 Å². The van der Waals surface area contributed by atoms with E-state index in [1.165, 1.54) is 61.5 Å². The van der Waals surface area contributed by atoms with Gasteiger partial charge in [0.15, 0.2) is 0 Å². The number of aromatic nitrogens is 2. The minimum absolute atomic E-state index is 0.241. The van der Waals surface area contributed by atoms with Crippen molar-refractivity contribution in [3.05, 3.63) is 81.4 Å². The number of halogens is 2. The standard InChI is InChI=1S/C20H14ClFN4O2/c1-12(20(28)24-18-10-15(21)5-2-14(18)11-23)26-19(27)9-8-17(25-26)13-3-6-16(22)7-4-13/h2-10,12H,1H3,(H,24,28). The summed E-state index contributed by atoms with van der Waals surface area (Å²) in [6.07, 6.45) is 0. The third-order valence-electron chi connectivity index (χ3n) is 4.07. The number of rotatable bonds is 4. The zero-order valence-electron chi connectivity index (χ0n) is 14.7. The van der Waals surface area contributed by atoms with Crippen molar-refractivity contribution in [2.24, 2.45) is 0 Å². The molecule has 0 fully saturated rings. The molecule has 3 aromatic rings. The largest absolute Gasteiger partial charge is 0.323 e. The Balaban J connectivity index is 1.91. The van der Waals surface area contributed by atoms with Crippen LogP contribution in [0.3, 0.4) is 0 Å². The Kier molecular flexibility index (Phi) is 5.52. The van der Waals surface area contributed by atoms with E-state index in [4.69, 9.17) is 16.9 Å². The van der Waals surface area contributed by atoms with Gasteiger partial charge in [0.05, 0.1) is 16.9 Å². The number of amides is 1. The van der Waals surface area contributed by atoms with Crippen LogP contribution in [0.2, 0.25) is 5.02 Å². The van der Waals surface area contributed by atoms with E-state index in [-0.39, 0.29) is 17.1 Å². The van der Waals surface area contributed by atoms with Gasteiger partial charge in [-0.15, -0.1) is 0 Å². The molecule has 1 N–H and O–H groups in total. The SMILES string of the molecule is CC(C(=O)Nc1cc(Cl)ccc1C#N)n1nc(-c2ccc(F)cc2)ccc1=O. The first-order valence-electron chi connectivity index (χ1n) is 8.25. The molecule has 1 heterocycles. The van der Waals surface area contributed by atoms with Crippen molar-refractivity contribution >= 4 is 23.2 Å². The highest BCUT2D eigenvalue weighted by molar-refractivity contribution is 6.31. The fraction of sp³-hybridized carbons (Fsp3) is 0.100. The lowest BCUT2D eigenvalue weighted by Gasteiger charge is -2.15. The molecule has 2 aromatic carbocycles. The minimum atomic E-state index is -0.960. The summed E-state index contributed by atoms with van der Waals surface area (Å²) >= 11 is 5.92. The maximum Gasteiger partial charge on any atom is 0.267 e. The highest BCUT2D eigenvalue weighted by Crippen LogP contribution is 2.22. The van der Waals surface area contributed by atoms with Crippen LogP contribution >= 0.6 is 11.6 Å². The van der Waals surface area contributed by atoms with Gasteiger partial charge in [-0.1, -0.05) is 11.6 Å². The van der Waals surface area contributed by atoms with Crippen molar-refractivity contribution in [2.45, 2.75) is 13.0 Å². The van der Waals surface area contributed by atoms with E-state index in [1.54, 1.807) is 0 Å². The summed E-state index contributed by atoms with van der Waals surface area (Å²) in [6, 6.07) is 13.9. The lowest BCUT2D eigenvalue weighted by Crippen LogP contribution is -2.33. The molecule has 0 saturated carbocycles. The zero-order valence-corrected chi connectivity index (χ0v) is 15.4. The molecule has 6 nitrogen and oxygen atoms in total. The van der Waals surface area contributed by atoms with Crippen LogP contribution in [0.25, 0.3) is 11.3 Å². The van der Waals surface area contributed by atoms with Gasteiger partial charge in [-0.3, -0.25) is 9.59 Å². The van der Waals surface area contributed by atoms with Crippen molar-refractivity contribution in [1.82, 2.24) is 9.78 Å². The first-order chi connectivity index (χ1) is 13.4. The van der Waals surface area contributed by atoms with Crippen LogP contribution in [0.1, 0.15) is 18.5 Å². The highest BCUT2D eigenvalue weighted by Gasteiger charge is 2.19. The molecule has 0 aliphatic heterocycles. The molecule has 1 unspecified atom stereocenters. The van der Waals surface area contributed by atoms with Crippen molar-refractivity contribution in [1.29, 1.82) is 5.26 Å². The molecule has 0 spiro atoms. The molecule has 8 heteroatoms. The number of carbonyl (C=O) groups is 1. The van der Waals surface area contributed by atoms with E-state index >= 15 is 0 Å². The molecule has 140 valence electrons. The second kappa shape index (κ2) is 8.03. The number of hydrogen-bond donors (Lipinski definition) is 1. The molecule has 0 aliphatic rings. The third kappa shape index (κ3) is 4.08. The normalized spacial score (nSPS) is 11.5. The van der Waals surface area contributed by atoms with E-state index in [0.717, 1.165) is 4.68 Å². The van der Waals surface area contributed by atoms with Gasteiger partial charge in [0, 0.05) is 16.7 Å². The summed E-state index contributed by atoms with van der Waals surface area (Å²) < 4.78 is 14.1. The first kappa shape index (κ1) is 19.3. The van der Waals surface area contributed by atoms with Crippen molar-refractivity contribution < 1.29 is 9.18 Å². The Morgan fingerprint density at radius 1 is 1.21 bits per heavy atom. The lowest BCUT2D eigenvalue weighted by molar-refractivity contribution is -0.119. The molecule has 1 atom stereocenters. The monoisotopic (exact) mass is 396 g/mol. The van der Waals surface area contributed by atoms with Crippen LogP contribution in [-0.2, 0) is 4.79 Å². The number of hydrogen-bond acceptors (Lipinski definition) is 4. The van der Waals surface area contributed by atoms with Crippen LogP contribution in [-0.4, -0.2) is 15.7 Å². The maximum absolute atomic E-state index is 13.1. The Morgan fingerprint density at radius 3 is 2.61 bits per heavy atom. The average Bonchev–Trinajstić information content (AvgIpc) is 2.68. The van der Waals surface area contributed by atoms with E-state index < -0.39 is 17.5 Å². The third-order valence-corrected chi connectivity index (χ3v) is 4.31. The molecule has 0 radical (unpaired) electrons.